The molecule has 0 saturated carbocycles. The predicted molar refractivity (Wildman–Crippen MR) is 90.8 cm³/mol. The Bertz CT molecular complexity index is 695. The molecule has 1 heterocycles. The fraction of sp³-hybridized carbons (Fsp3) is 0.562. The lowest BCUT2D eigenvalue weighted by molar-refractivity contribution is -0.263. The van der Waals surface area contributed by atoms with Crippen LogP contribution in [0.2, 0.25) is 0 Å². The maximum absolute atomic E-state index is 12.5. The average Bonchev–Trinajstić information content (AvgIpc) is 2.60. The van der Waals surface area contributed by atoms with Gasteiger partial charge in [-0.15, -0.1) is 0 Å². The Balaban J connectivity index is 2.31. The van der Waals surface area contributed by atoms with Gasteiger partial charge in [0.05, 0.1) is 12.9 Å². The maximum atomic E-state index is 12.5. The van der Waals surface area contributed by atoms with Crippen LogP contribution in [-0.4, -0.2) is 74.7 Å². The second-order valence-electron chi connectivity index (χ2n) is 5.80. The summed E-state index contributed by atoms with van der Waals surface area (Å²) in [4.78, 5) is 12.5. The molecule has 0 aromatic heterocycles. The SMILES string of the molecule is CCO[C@H]1O[C@@H](CO)[C@@H](O)[C@@H](OS(C)(=O)=O)[C@@H]1NC(=O)c1ccccc1. The van der Waals surface area contributed by atoms with E-state index in [1.165, 1.54) is 0 Å². The highest BCUT2D eigenvalue weighted by Crippen LogP contribution is 2.26. The molecule has 1 aromatic carbocycles. The van der Waals surface area contributed by atoms with Crippen molar-refractivity contribution in [2.45, 2.75) is 37.6 Å². The summed E-state index contributed by atoms with van der Waals surface area (Å²) < 4.78 is 39.1. The highest BCUT2D eigenvalue weighted by Gasteiger charge is 2.48. The normalized spacial score (nSPS) is 29.3. The Morgan fingerprint density at radius 1 is 1.31 bits per heavy atom. The highest BCUT2D eigenvalue weighted by molar-refractivity contribution is 7.86. The molecule has 9 nitrogen and oxygen atoms in total. The van der Waals surface area contributed by atoms with Gasteiger partial charge in [0.15, 0.2) is 6.29 Å². The molecule has 0 bridgehead atoms. The second-order valence-corrected chi connectivity index (χ2v) is 7.40. The first-order valence-corrected chi connectivity index (χ1v) is 9.88. The predicted octanol–water partition coefficient (Wildman–Crippen LogP) is -0.756. The first-order chi connectivity index (χ1) is 12.3. The standard InChI is InChI=1S/C16H23NO8S/c1-3-23-16-12(17-15(20)10-7-5-4-6-8-10)14(25-26(2,21)22)13(19)11(9-18)24-16/h4-8,11-14,16,18-19H,3,9H2,1-2H3,(H,17,20)/t11-,12-,13+,14-,16-/m0/s1. The van der Waals surface area contributed by atoms with Crippen LogP contribution < -0.4 is 5.32 Å². The molecular formula is C16H23NO8S. The molecule has 1 saturated heterocycles. The number of amides is 1. The number of aliphatic hydroxyl groups excluding tert-OH is 2. The fourth-order valence-corrected chi connectivity index (χ4v) is 3.30. The Kier molecular flexibility index (Phi) is 7.09. The van der Waals surface area contributed by atoms with Crippen molar-refractivity contribution >= 4 is 16.0 Å². The van der Waals surface area contributed by atoms with Crippen LogP contribution in [0.1, 0.15) is 17.3 Å². The van der Waals surface area contributed by atoms with Gasteiger partial charge in [0.25, 0.3) is 16.0 Å². The first-order valence-electron chi connectivity index (χ1n) is 8.07. The van der Waals surface area contributed by atoms with Gasteiger partial charge in [0, 0.05) is 12.2 Å². The van der Waals surface area contributed by atoms with Crippen molar-refractivity contribution in [3.8, 4) is 0 Å². The van der Waals surface area contributed by atoms with E-state index in [0.29, 0.717) is 5.56 Å². The second kappa shape index (κ2) is 8.89. The van der Waals surface area contributed by atoms with Crippen LogP contribution in [0, 0.1) is 0 Å². The van der Waals surface area contributed by atoms with Gasteiger partial charge >= 0.3 is 0 Å². The van der Waals surface area contributed by atoms with E-state index < -0.39 is 53.3 Å². The quantitative estimate of drug-likeness (QED) is 0.519. The highest BCUT2D eigenvalue weighted by atomic mass is 32.2. The van der Waals surface area contributed by atoms with E-state index >= 15 is 0 Å². The van der Waals surface area contributed by atoms with Crippen molar-refractivity contribution in [1.82, 2.24) is 5.32 Å². The lowest BCUT2D eigenvalue weighted by Gasteiger charge is -2.43. The molecule has 0 spiro atoms. The molecule has 2 rings (SSSR count). The van der Waals surface area contributed by atoms with E-state index in [2.05, 4.69) is 5.32 Å². The van der Waals surface area contributed by atoms with Crippen molar-refractivity contribution in [3.05, 3.63) is 35.9 Å². The largest absolute Gasteiger partial charge is 0.394 e. The Morgan fingerprint density at radius 2 is 1.96 bits per heavy atom. The van der Waals surface area contributed by atoms with Crippen LogP contribution >= 0.6 is 0 Å². The molecule has 0 unspecified atom stereocenters. The number of hydrogen-bond acceptors (Lipinski definition) is 8. The summed E-state index contributed by atoms with van der Waals surface area (Å²) in [7, 11) is -3.96. The Morgan fingerprint density at radius 3 is 2.50 bits per heavy atom. The molecule has 26 heavy (non-hydrogen) atoms. The van der Waals surface area contributed by atoms with E-state index in [4.69, 9.17) is 13.7 Å². The van der Waals surface area contributed by atoms with Gasteiger partial charge in [0.1, 0.15) is 24.4 Å². The number of rotatable bonds is 7. The number of aliphatic hydroxyl groups is 2. The first kappa shape index (κ1) is 20.7. The minimum atomic E-state index is -3.96. The monoisotopic (exact) mass is 389 g/mol. The van der Waals surface area contributed by atoms with Gasteiger partial charge < -0.3 is 25.0 Å². The molecule has 146 valence electrons. The minimum Gasteiger partial charge on any atom is -0.394 e. The average molecular weight is 389 g/mol. The van der Waals surface area contributed by atoms with Crippen LogP contribution in [0.4, 0.5) is 0 Å². The number of nitrogens with one attached hydrogen (secondary N) is 1. The number of ether oxygens (including phenoxy) is 2. The van der Waals surface area contributed by atoms with Gasteiger partial charge in [-0.1, -0.05) is 18.2 Å². The molecule has 1 aliphatic heterocycles. The summed E-state index contributed by atoms with van der Waals surface area (Å²) in [6.45, 7) is 1.31. The molecule has 1 aliphatic rings. The maximum Gasteiger partial charge on any atom is 0.264 e. The Labute approximate surface area is 152 Å². The summed E-state index contributed by atoms with van der Waals surface area (Å²) >= 11 is 0. The van der Waals surface area contributed by atoms with Crippen molar-refractivity contribution in [1.29, 1.82) is 0 Å². The molecule has 1 aromatic rings. The van der Waals surface area contributed by atoms with E-state index in [1.807, 2.05) is 0 Å². The number of hydrogen-bond donors (Lipinski definition) is 3. The topological polar surface area (TPSA) is 131 Å². The van der Waals surface area contributed by atoms with E-state index in [0.717, 1.165) is 6.26 Å². The van der Waals surface area contributed by atoms with Crippen molar-refractivity contribution in [2.24, 2.45) is 0 Å². The van der Waals surface area contributed by atoms with Crippen molar-refractivity contribution < 1.29 is 37.1 Å². The fourth-order valence-electron chi connectivity index (χ4n) is 2.67. The summed E-state index contributed by atoms with van der Waals surface area (Å²) in [5.74, 6) is -0.513. The van der Waals surface area contributed by atoms with Crippen LogP contribution in [-0.2, 0) is 23.8 Å². The van der Waals surface area contributed by atoms with E-state index in [1.54, 1.807) is 37.3 Å². The molecule has 10 heteroatoms. The molecule has 5 atom stereocenters. The third-order valence-electron chi connectivity index (χ3n) is 3.80. The molecule has 1 amide bonds. The van der Waals surface area contributed by atoms with Crippen LogP contribution in [0.5, 0.6) is 0 Å². The van der Waals surface area contributed by atoms with Gasteiger partial charge in [-0.2, -0.15) is 8.42 Å². The summed E-state index contributed by atoms with van der Waals surface area (Å²) in [5, 5.41) is 22.3. The lowest BCUT2D eigenvalue weighted by atomic mass is 9.96. The number of carbonyl (C=O) groups is 1. The van der Waals surface area contributed by atoms with E-state index in [-0.39, 0.29) is 6.61 Å². The molecule has 1 fully saturated rings. The third-order valence-corrected chi connectivity index (χ3v) is 4.38. The van der Waals surface area contributed by atoms with Crippen molar-refractivity contribution in [3.63, 3.8) is 0 Å². The third kappa shape index (κ3) is 5.22. The van der Waals surface area contributed by atoms with Crippen LogP contribution in [0.25, 0.3) is 0 Å². The zero-order valence-corrected chi connectivity index (χ0v) is 15.3. The summed E-state index contributed by atoms with van der Waals surface area (Å²) in [6, 6.07) is 7.13. The minimum absolute atomic E-state index is 0.197. The van der Waals surface area contributed by atoms with E-state index in [9.17, 15) is 23.4 Å². The summed E-state index contributed by atoms with van der Waals surface area (Å²) in [6.07, 6.45) is -4.29. The zero-order valence-electron chi connectivity index (χ0n) is 14.4. The number of benzene rings is 1. The smallest absolute Gasteiger partial charge is 0.264 e. The van der Waals surface area contributed by atoms with Gasteiger partial charge in [-0.05, 0) is 19.1 Å². The molecule has 0 aliphatic carbocycles. The molecular weight excluding hydrogens is 366 g/mol. The van der Waals surface area contributed by atoms with Crippen LogP contribution in [0.3, 0.4) is 0 Å². The van der Waals surface area contributed by atoms with Gasteiger partial charge in [0.2, 0.25) is 0 Å². The van der Waals surface area contributed by atoms with Gasteiger partial charge in [-0.3, -0.25) is 8.98 Å². The zero-order chi connectivity index (χ0) is 19.3. The number of carbonyl (C=O) groups excluding carboxylic acids is 1. The van der Waals surface area contributed by atoms with Crippen LogP contribution in [0.15, 0.2) is 30.3 Å². The van der Waals surface area contributed by atoms with Gasteiger partial charge in [-0.25, -0.2) is 0 Å². The molecule has 0 radical (unpaired) electrons. The van der Waals surface area contributed by atoms with Crippen molar-refractivity contribution in [2.75, 3.05) is 19.5 Å². The Hall–Kier alpha value is -1.56. The molecule has 3 N–H and O–H groups in total. The lowest BCUT2D eigenvalue weighted by Crippen LogP contribution is -2.65. The summed E-state index contributed by atoms with van der Waals surface area (Å²) in [5.41, 5.74) is 0.333.